The first kappa shape index (κ1) is 12.4. The van der Waals surface area contributed by atoms with Crippen LogP contribution in [0.15, 0.2) is 0 Å². The molecule has 0 saturated heterocycles. The van der Waals surface area contributed by atoms with Crippen molar-refractivity contribution in [2.24, 2.45) is 11.7 Å². The summed E-state index contributed by atoms with van der Waals surface area (Å²) < 4.78 is 0. The maximum atomic E-state index is 11.1. The summed E-state index contributed by atoms with van der Waals surface area (Å²) in [6, 6.07) is 0. The van der Waals surface area contributed by atoms with E-state index in [1.165, 1.54) is 0 Å². The van der Waals surface area contributed by atoms with Crippen LogP contribution in [0.25, 0.3) is 0 Å². The Morgan fingerprint density at radius 1 is 1.38 bits per heavy atom. The van der Waals surface area contributed by atoms with Crippen molar-refractivity contribution in [1.82, 2.24) is 5.32 Å². The van der Waals surface area contributed by atoms with Gasteiger partial charge in [-0.1, -0.05) is 13.8 Å². The van der Waals surface area contributed by atoms with Crippen LogP contribution in [0.2, 0.25) is 0 Å². The van der Waals surface area contributed by atoms with E-state index in [1.54, 1.807) is 0 Å². The summed E-state index contributed by atoms with van der Waals surface area (Å²) in [5.41, 5.74) is 5.32. The minimum Gasteiger partial charge on any atom is -0.356 e. The Balaban J connectivity index is 3.20. The fourth-order valence-electron chi connectivity index (χ4n) is 1.02. The summed E-state index contributed by atoms with van der Waals surface area (Å²) >= 11 is 0. The van der Waals surface area contributed by atoms with E-state index in [4.69, 9.17) is 5.73 Å². The second-order valence-corrected chi connectivity index (χ2v) is 3.78. The summed E-state index contributed by atoms with van der Waals surface area (Å²) in [5.74, 6) is 0.818. The maximum absolute atomic E-state index is 11.1. The molecule has 0 atom stereocenters. The molecule has 0 heterocycles. The Labute approximate surface area is 81.1 Å². The fourth-order valence-corrected chi connectivity index (χ4v) is 1.02. The zero-order valence-corrected chi connectivity index (χ0v) is 8.81. The number of amides is 1. The molecule has 0 rings (SSSR count). The largest absolute Gasteiger partial charge is 0.356 e. The average Bonchev–Trinajstić information content (AvgIpc) is 2.04. The van der Waals surface area contributed by atoms with E-state index >= 15 is 0 Å². The monoisotopic (exact) mass is 186 g/mol. The topological polar surface area (TPSA) is 55.1 Å². The summed E-state index contributed by atoms with van der Waals surface area (Å²) in [5, 5.41) is 2.89. The summed E-state index contributed by atoms with van der Waals surface area (Å²) in [6.07, 6.45) is 3.53. The molecule has 0 fully saturated rings. The van der Waals surface area contributed by atoms with E-state index < -0.39 is 0 Å². The standard InChI is InChI=1S/C10H22N2O/c1-9(2)6-8-12-10(13)5-3-4-7-11/h9H,3-8,11H2,1-2H3,(H,12,13). The molecular weight excluding hydrogens is 164 g/mol. The zero-order chi connectivity index (χ0) is 10.1. The molecule has 0 spiro atoms. The van der Waals surface area contributed by atoms with Gasteiger partial charge in [-0.3, -0.25) is 4.79 Å². The highest BCUT2D eigenvalue weighted by molar-refractivity contribution is 5.75. The molecule has 13 heavy (non-hydrogen) atoms. The van der Waals surface area contributed by atoms with Crippen LogP contribution in [-0.4, -0.2) is 19.0 Å². The van der Waals surface area contributed by atoms with Crippen molar-refractivity contribution in [1.29, 1.82) is 0 Å². The van der Waals surface area contributed by atoms with E-state index in [9.17, 15) is 4.79 Å². The van der Waals surface area contributed by atoms with Gasteiger partial charge in [0.2, 0.25) is 5.91 Å². The minimum atomic E-state index is 0.161. The van der Waals surface area contributed by atoms with Crippen LogP contribution in [0.1, 0.15) is 39.5 Å². The lowest BCUT2D eigenvalue weighted by Crippen LogP contribution is -2.25. The highest BCUT2D eigenvalue weighted by Gasteiger charge is 2.00. The van der Waals surface area contributed by atoms with Gasteiger partial charge >= 0.3 is 0 Å². The first-order valence-electron chi connectivity index (χ1n) is 5.13. The lowest BCUT2D eigenvalue weighted by atomic mass is 10.1. The molecule has 0 unspecified atom stereocenters. The van der Waals surface area contributed by atoms with Crippen LogP contribution in [0.4, 0.5) is 0 Å². The van der Waals surface area contributed by atoms with Gasteiger partial charge in [0.15, 0.2) is 0 Å². The van der Waals surface area contributed by atoms with E-state index in [0.29, 0.717) is 18.9 Å². The molecule has 0 aromatic heterocycles. The molecule has 0 aliphatic carbocycles. The molecule has 78 valence electrons. The van der Waals surface area contributed by atoms with Crippen molar-refractivity contribution in [2.75, 3.05) is 13.1 Å². The third-order valence-electron chi connectivity index (χ3n) is 1.90. The number of carbonyl (C=O) groups is 1. The van der Waals surface area contributed by atoms with Gasteiger partial charge in [-0.15, -0.1) is 0 Å². The van der Waals surface area contributed by atoms with Gasteiger partial charge in [0.1, 0.15) is 0 Å². The second kappa shape index (κ2) is 8.05. The number of carbonyl (C=O) groups excluding carboxylic acids is 1. The third kappa shape index (κ3) is 9.34. The van der Waals surface area contributed by atoms with E-state index in [2.05, 4.69) is 19.2 Å². The van der Waals surface area contributed by atoms with Gasteiger partial charge in [0, 0.05) is 13.0 Å². The van der Waals surface area contributed by atoms with Crippen molar-refractivity contribution in [2.45, 2.75) is 39.5 Å². The highest BCUT2D eigenvalue weighted by atomic mass is 16.1. The fraction of sp³-hybridized carbons (Fsp3) is 0.900. The summed E-state index contributed by atoms with van der Waals surface area (Å²) in [6.45, 7) is 5.79. The second-order valence-electron chi connectivity index (χ2n) is 3.78. The first-order valence-corrected chi connectivity index (χ1v) is 5.13. The lowest BCUT2D eigenvalue weighted by Gasteiger charge is -2.06. The summed E-state index contributed by atoms with van der Waals surface area (Å²) in [4.78, 5) is 11.1. The van der Waals surface area contributed by atoms with Crippen molar-refractivity contribution < 1.29 is 4.79 Å². The molecule has 0 bridgehead atoms. The number of rotatable bonds is 7. The van der Waals surface area contributed by atoms with E-state index in [0.717, 1.165) is 25.8 Å². The predicted octanol–water partition coefficient (Wildman–Crippen LogP) is 1.28. The van der Waals surface area contributed by atoms with Crippen LogP contribution in [-0.2, 0) is 4.79 Å². The molecule has 0 aliphatic rings. The molecule has 0 aromatic carbocycles. The molecule has 0 aromatic rings. The van der Waals surface area contributed by atoms with Crippen LogP contribution in [0.3, 0.4) is 0 Å². The minimum absolute atomic E-state index is 0.161. The molecule has 3 N–H and O–H groups in total. The molecule has 1 amide bonds. The number of nitrogens with two attached hydrogens (primary N) is 1. The van der Waals surface area contributed by atoms with Gasteiger partial charge in [-0.05, 0) is 31.7 Å². The SMILES string of the molecule is CC(C)CCNC(=O)CCCCN. The number of hydrogen-bond acceptors (Lipinski definition) is 2. The molecule has 3 nitrogen and oxygen atoms in total. The maximum Gasteiger partial charge on any atom is 0.219 e. The van der Waals surface area contributed by atoms with Crippen molar-refractivity contribution in [3.63, 3.8) is 0 Å². The van der Waals surface area contributed by atoms with Gasteiger partial charge in [-0.2, -0.15) is 0 Å². The zero-order valence-electron chi connectivity index (χ0n) is 8.81. The molecule has 0 saturated carbocycles. The number of unbranched alkanes of at least 4 members (excludes halogenated alkanes) is 1. The summed E-state index contributed by atoms with van der Waals surface area (Å²) in [7, 11) is 0. The normalized spacial score (nSPS) is 10.5. The van der Waals surface area contributed by atoms with E-state index in [1.807, 2.05) is 0 Å². The van der Waals surface area contributed by atoms with Crippen molar-refractivity contribution in [3.05, 3.63) is 0 Å². The van der Waals surface area contributed by atoms with Crippen LogP contribution in [0, 0.1) is 5.92 Å². The van der Waals surface area contributed by atoms with Crippen LogP contribution in [0.5, 0.6) is 0 Å². The first-order chi connectivity index (χ1) is 6.16. The lowest BCUT2D eigenvalue weighted by molar-refractivity contribution is -0.121. The highest BCUT2D eigenvalue weighted by Crippen LogP contribution is 1.97. The van der Waals surface area contributed by atoms with Crippen molar-refractivity contribution >= 4 is 5.91 Å². The molecule has 0 aliphatic heterocycles. The van der Waals surface area contributed by atoms with Gasteiger partial charge in [-0.25, -0.2) is 0 Å². The molecular formula is C10H22N2O. The quantitative estimate of drug-likeness (QED) is 0.588. The Kier molecular flexibility index (Phi) is 7.69. The van der Waals surface area contributed by atoms with E-state index in [-0.39, 0.29) is 5.91 Å². The van der Waals surface area contributed by atoms with Crippen LogP contribution < -0.4 is 11.1 Å². The van der Waals surface area contributed by atoms with Gasteiger partial charge in [0.05, 0.1) is 0 Å². The average molecular weight is 186 g/mol. The number of hydrogen-bond donors (Lipinski definition) is 2. The third-order valence-corrected chi connectivity index (χ3v) is 1.90. The van der Waals surface area contributed by atoms with Crippen LogP contribution >= 0.6 is 0 Å². The number of nitrogens with one attached hydrogen (secondary N) is 1. The Morgan fingerprint density at radius 3 is 2.62 bits per heavy atom. The Morgan fingerprint density at radius 2 is 2.08 bits per heavy atom. The molecule has 0 radical (unpaired) electrons. The predicted molar refractivity (Wildman–Crippen MR) is 55.4 cm³/mol. The smallest absolute Gasteiger partial charge is 0.219 e. The van der Waals surface area contributed by atoms with Gasteiger partial charge in [0.25, 0.3) is 0 Å². The Bertz CT molecular complexity index is 135. The molecule has 3 heteroatoms. The van der Waals surface area contributed by atoms with Crippen molar-refractivity contribution in [3.8, 4) is 0 Å². The Hall–Kier alpha value is -0.570. The van der Waals surface area contributed by atoms with Gasteiger partial charge < -0.3 is 11.1 Å².